The van der Waals surface area contributed by atoms with Crippen LogP contribution in [0.2, 0.25) is 0 Å². The number of fused-ring (bicyclic) bond motifs is 1. The summed E-state index contributed by atoms with van der Waals surface area (Å²) in [5.41, 5.74) is 5.34. The number of aromatic nitrogens is 1. The molecule has 4 aromatic carbocycles. The van der Waals surface area contributed by atoms with Gasteiger partial charge in [0.2, 0.25) is 0 Å². The van der Waals surface area contributed by atoms with Gasteiger partial charge in [0.25, 0.3) is 5.91 Å². The van der Waals surface area contributed by atoms with Crippen molar-refractivity contribution < 1.29 is 19.1 Å². The van der Waals surface area contributed by atoms with Crippen molar-refractivity contribution in [3.05, 3.63) is 114 Å². The number of anilines is 2. The molecule has 0 radical (unpaired) electrons. The van der Waals surface area contributed by atoms with Gasteiger partial charge < -0.3 is 30.0 Å². The summed E-state index contributed by atoms with van der Waals surface area (Å²) in [7, 11) is 1.78. The third-order valence-corrected chi connectivity index (χ3v) is 8.31. The molecule has 1 unspecified atom stereocenters. The fourth-order valence-electron chi connectivity index (χ4n) is 6.05. The van der Waals surface area contributed by atoms with Crippen LogP contribution in [0.4, 0.5) is 16.2 Å². The Morgan fingerprint density at radius 1 is 0.851 bits per heavy atom. The summed E-state index contributed by atoms with van der Waals surface area (Å²) in [5, 5.41) is 9.79. The standard InChI is InChI=1S/C38H41N5O4/c1-26(2)39-38(45)41-30-14-20-34(21-15-30)47-33-18-12-29(13-19-33)40-37(44)27-10-16-31(17-11-27)43-24-28(35-8-4-5-9-36(35)43)23-42-22-6-7-32(42)25-46-3/h4-5,8-21,24,26,32H,6-7,22-23,25H2,1-3H3,(H,40,44)(H2,39,41,45). The molecule has 1 saturated heterocycles. The largest absolute Gasteiger partial charge is 0.457 e. The van der Waals surface area contributed by atoms with Gasteiger partial charge in [0, 0.05) is 59.9 Å². The SMILES string of the molecule is COCC1CCCN1Cc1cn(-c2ccc(C(=O)Nc3ccc(Oc4ccc(NC(=O)NC(C)C)cc4)cc3)cc2)c2ccccc12. The molecule has 3 N–H and O–H groups in total. The predicted molar refractivity (Wildman–Crippen MR) is 187 cm³/mol. The molecule has 0 bridgehead atoms. The number of likely N-dealkylation sites (tertiary alicyclic amines) is 1. The van der Waals surface area contributed by atoms with Crippen molar-refractivity contribution in [2.75, 3.05) is 30.9 Å². The highest BCUT2D eigenvalue weighted by atomic mass is 16.5. The van der Waals surface area contributed by atoms with Crippen LogP contribution >= 0.6 is 0 Å². The van der Waals surface area contributed by atoms with Crippen LogP contribution in [0.3, 0.4) is 0 Å². The molecule has 5 aromatic rings. The van der Waals surface area contributed by atoms with Crippen LogP contribution < -0.4 is 20.7 Å². The van der Waals surface area contributed by atoms with E-state index in [0.29, 0.717) is 34.5 Å². The van der Waals surface area contributed by atoms with Gasteiger partial charge in [-0.3, -0.25) is 9.69 Å². The van der Waals surface area contributed by atoms with E-state index in [2.05, 4.69) is 55.9 Å². The molecule has 0 saturated carbocycles. The molecule has 0 aliphatic carbocycles. The molecular formula is C38H41N5O4. The maximum Gasteiger partial charge on any atom is 0.319 e. The summed E-state index contributed by atoms with van der Waals surface area (Å²) < 4.78 is 13.6. The highest BCUT2D eigenvalue weighted by Crippen LogP contribution is 2.29. The first-order chi connectivity index (χ1) is 22.9. The van der Waals surface area contributed by atoms with E-state index < -0.39 is 0 Å². The van der Waals surface area contributed by atoms with Crippen LogP contribution in [-0.4, -0.2) is 53.8 Å². The van der Waals surface area contributed by atoms with Crippen molar-refractivity contribution >= 4 is 34.2 Å². The molecule has 1 aliphatic rings. The lowest BCUT2D eigenvalue weighted by molar-refractivity contribution is 0.102. The maximum absolute atomic E-state index is 13.1. The van der Waals surface area contributed by atoms with E-state index in [4.69, 9.17) is 9.47 Å². The molecule has 1 aromatic heterocycles. The zero-order chi connectivity index (χ0) is 32.8. The lowest BCUT2D eigenvalue weighted by Crippen LogP contribution is -2.34. The zero-order valence-corrected chi connectivity index (χ0v) is 27.0. The van der Waals surface area contributed by atoms with Crippen LogP contribution in [0.15, 0.2) is 103 Å². The molecule has 1 aliphatic heterocycles. The number of hydrogen-bond donors (Lipinski definition) is 3. The number of nitrogens with zero attached hydrogens (tertiary/aromatic N) is 2. The number of carbonyl (C=O) groups is 2. The normalized spacial score (nSPS) is 14.8. The third-order valence-electron chi connectivity index (χ3n) is 8.31. The summed E-state index contributed by atoms with van der Waals surface area (Å²) >= 11 is 0. The fourth-order valence-corrected chi connectivity index (χ4v) is 6.05. The first-order valence-electron chi connectivity index (χ1n) is 16.1. The van der Waals surface area contributed by atoms with E-state index in [1.54, 1.807) is 55.6 Å². The highest BCUT2D eigenvalue weighted by Gasteiger charge is 2.25. The Morgan fingerprint density at radius 2 is 1.51 bits per heavy atom. The Bertz CT molecular complexity index is 1810. The first-order valence-corrected chi connectivity index (χ1v) is 16.1. The van der Waals surface area contributed by atoms with Crippen LogP contribution in [0.5, 0.6) is 11.5 Å². The van der Waals surface area contributed by atoms with E-state index in [1.165, 1.54) is 23.8 Å². The Hall–Kier alpha value is -5.12. The number of nitrogens with one attached hydrogen (secondary N) is 3. The van der Waals surface area contributed by atoms with E-state index in [0.717, 1.165) is 30.9 Å². The molecule has 9 nitrogen and oxygen atoms in total. The van der Waals surface area contributed by atoms with E-state index >= 15 is 0 Å². The average molecular weight is 632 g/mol. The van der Waals surface area contributed by atoms with Crippen molar-refractivity contribution in [1.29, 1.82) is 0 Å². The molecule has 47 heavy (non-hydrogen) atoms. The van der Waals surface area contributed by atoms with E-state index in [1.807, 2.05) is 38.1 Å². The number of rotatable bonds is 11. The van der Waals surface area contributed by atoms with Crippen LogP contribution in [0, 0.1) is 0 Å². The van der Waals surface area contributed by atoms with Crippen LogP contribution in [-0.2, 0) is 11.3 Å². The molecule has 0 spiro atoms. The molecule has 1 fully saturated rings. The van der Waals surface area contributed by atoms with Crippen LogP contribution in [0.1, 0.15) is 42.6 Å². The average Bonchev–Trinajstić information content (AvgIpc) is 3.67. The van der Waals surface area contributed by atoms with Crippen molar-refractivity contribution in [2.45, 2.75) is 45.3 Å². The second-order valence-electron chi connectivity index (χ2n) is 12.2. The molecule has 1 atom stereocenters. The Morgan fingerprint density at radius 3 is 2.17 bits per heavy atom. The number of ether oxygens (including phenoxy) is 2. The van der Waals surface area contributed by atoms with Crippen molar-refractivity contribution in [3.63, 3.8) is 0 Å². The van der Waals surface area contributed by atoms with Gasteiger partial charge in [-0.1, -0.05) is 18.2 Å². The number of para-hydroxylation sites is 1. The second kappa shape index (κ2) is 14.5. The van der Waals surface area contributed by atoms with E-state index in [9.17, 15) is 9.59 Å². The summed E-state index contributed by atoms with van der Waals surface area (Å²) in [5.74, 6) is 1.07. The number of methoxy groups -OCH3 is 1. The minimum atomic E-state index is -0.254. The summed E-state index contributed by atoms with van der Waals surface area (Å²) in [6.07, 6.45) is 4.59. The van der Waals surface area contributed by atoms with Gasteiger partial charge in [0.05, 0.1) is 12.1 Å². The molecular weight excluding hydrogens is 590 g/mol. The number of hydrogen-bond acceptors (Lipinski definition) is 5. The molecule has 9 heteroatoms. The quantitative estimate of drug-likeness (QED) is 0.138. The van der Waals surface area contributed by atoms with Gasteiger partial charge in [0.1, 0.15) is 11.5 Å². The van der Waals surface area contributed by atoms with Crippen molar-refractivity contribution in [2.24, 2.45) is 0 Å². The fraction of sp³-hybridized carbons (Fsp3) is 0.263. The first kappa shape index (κ1) is 31.8. The Balaban J connectivity index is 1.08. The van der Waals surface area contributed by atoms with E-state index in [-0.39, 0.29) is 18.0 Å². The Kier molecular flexibility index (Phi) is 9.85. The molecule has 3 amide bonds. The van der Waals surface area contributed by atoms with Gasteiger partial charge >= 0.3 is 6.03 Å². The summed E-state index contributed by atoms with van der Waals surface area (Å²) in [6.45, 7) is 6.53. The highest BCUT2D eigenvalue weighted by molar-refractivity contribution is 6.04. The Labute approximate surface area is 275 Å². The van der Waals surface area contributed by atoms with Gasteiger partial charge in [-0.05, 0) is 118 Å². The third kappa shape index (κ3) is 7.82. The summed E-state index contributed by atoms with van der Waals surface area (Å²) in [6, 6.07) is 30.8. The lowest BCUT2D eigenvalue weighted by atomic mass is 10.1. The predicted octanol–water partition coefficient (Wildman–Crippen LogP) is 7.82. The van der Waals surface area contributed by atoms with Gasteiger partial charge in [-0.15, -0.1) is 0 Å². The maximum atomic E-state index is 13.1. The van der Waals surface area contributed by atoms with Gasteiger partial charge in [0.15, 0.2) is 0 Å². The summed E-state index contributed by atoms with van der Waals surface area (Å²) in [4.78, 5) is 27.5. The second-order valence-corrected chi connectivity index (χ2v) is 12.2. The lowest BCUT2D eigenvalue weighted by Gasteiger charge is -2.23. The van der Waals surface area contributed by atoms with Crippen molar-refractivity contribution in [1.82, 2.24) is 14.8 Å². The zero-order valence-electron chi connectivity index (χ0n) is 27.0. The minimum absolute atomic E-state index is 0.0519. The van der Waals surface area contributed by atoms with Gasteiger partial charge in [-0.25, -0.2) is 4.79 Å². The molecule has 6 rings (SSSR count). The number of urea groups is 1. The smallest absolute Gasteiger partial charge is 0.319 e. The number of benzene rings is 4. The van der Waals surface area contributed by atoms with Crippen LogP contribution in [0.25, 0.3) is 16.6 Å². The topological polar surface area (TPSA) is 96.9 Å². The number of amides is 3. The molecule has 242 valence electrons. The monoisotopic (exact) mass is 631 g/mol. The number of carbonyl (C=O) groups excluding carboxylic acids is 2. The minimum Gasteiger partial charge on any atom is -0.457 e. The van der Waals surface area contributed by atoms with Crippen molar-refractivity contribution in [3.8, 4) is 17.2 Å². The molecule has 2 heterocycles. The van der Waals surface area contributed by atoms with Gasteiger partial charge in [-0.2, -0.15) is 0 Å².